The standard InChI is InChI=1S/C18H18FN3O/c1-22-12-21-16-10-14(4-7-17(16)22)8-9-20-18(23)11-13-2-5-15(19)6-3-13/h2-7,10,12H,8-9,11H2,1H3,(H,20,23). The summed E-state index contributed by atoms with van der Waals surface area (Å²) in [6.07, 6.45) is 2.81. The van der Waals surface area contributed by atoms with Crippen LogP contribution in [0.5, 0.6) is 0 Å². The van der Waals surface area contributed by atoms with E-state index in [1.807, 2.05) is 23.7 Å². The highest BCUT2D eigenvalue weighted by molar-refractivity contribution is 5.78. The summed E-state index contributed by atoms with van der Waals surface area (Å²) in [4.78, 5) is 16.2. The van der Waals surface area contributed by atoms with E-state index in [1.165, 1.54) is 12.1 Å². The van der Waals surface area contributed by atoms with Gasteiger partial charge in [-0.25, -0.2) is 9.37 Å². The summed E-state index contributed by atoms with van der Waals surface area (Å²) in [6, 6.07) is 12.1. The van der Waals surface area contributed by atoms with Gasteiger partial charge in [0.15, 0.2) is 0 Å². The maximum Gasteiger partial charge on any atom is 0.224 e. The van der Waals surface area contributed by atoms with Crippen molar-refractivity contribution < 1.29 is 9.18 Å². The third-order valence-electron chi connectivity index (χ3n) is 3.80. The Balaban J connectivity index is 1.51. The van der Waals surface area contributed by atoms with Gasteiger partial charge in [0.2, 0.25) is 5.91 Å². The lowest BCUT2D eigenvalue weighted by atomic mass is 10.1. The van der Waals surface area contributed by atoms with Crippen LogP contribution in [0.1, 0.15) is 11.1 Å². The zero-order chi connectivity index (χ0) is 16.2. The highest BCUT2D eigenvalue weighted by Crippen LogP contribution is 2.14. The molecular weight excluding hydrogens is 293 g/mol. The molecule has 0 saturated heterocycles. The van der Waals surface area contributed by atoms with Gasteiger partial charge in [0.05, 0.1) is 23.8 Å². The zero-order valence-corrected chi connectivity index (χ0v) is 12.9. The minimum atomic E-state index is -0.293. The number of hydrogen-bond donors (Lipinski definition) is 1. The molecule has 0 atom stereocenters. The van der Waals surface area contributed by atoms with Crippen LogP contribution in [0.3, 0.4) is 0 Å². The number of rotatable bonds is 5. The number of carbonyl (C=O) groups is 1. The lowest BCUT2D eigenvalue weighted by molar-refractivity contribution is -0.120. The quantitative estimate of drug-likeness (QED) is 0.787. The summed E-state index contributed by atoms with van der Waals surface area (Å²) in [5.41, 5.74) is 3.99. The molecule has 0 fully saturated rings. The highest BCUT2D eigenvalue weighted by Gasteiger charge is 2.05. The second-order valence-corrected chi connectivity index (χ2v) is 5.58. The van der Waals surface area contributed by atoms with Crippen molar-refractivity contribution in [3.63, 3.8) is 0 Å². The van der Waals surface area contributed by atoms with Gasteiger partial charge < -0.3 is 9.88 Å². The van der Waals surface area contributed by atoms with Gasteiger partial charge >= 0.3 is 0 Å². The first-order chi connectivity index (χ1) is 11.1. The molecule has 0 aliphatic rings. The number of imidazole rings is 1. The fraction of sp³-hybridized carbons (Fsp3) is 0.222. The van der Waals surface area contributed by atoms with Crippen LogP contribution in [-0.4, -0.2) is 22.0 Å². The van der Waals surface area contributed by atoms with E-state index in [-0.39, 0.29) is 18.1 Å². The molecule has 0 aliphatic carbocycles. The zero-order valence-electron chi connectivity index (χ0n) is 12.9. The molecule has 1 aromatic heterocycles. The average Bonchev–Trinajstić information content (AvgIpc) is 2.90. The van der Waals surface area contributed by atoms with E-state index >= 15 is 0 Å². The highest BCUT2D eigenvalue weighted by atomic mass is 19.1. The van der Waals surface area contributed by atoms with Gasteiger partial charge in [-0.3, -0.25) is 4.79 Å². The van der Waals surface area contributed by atoms with E-state index in [0.717, 1.165) is 28.6 Å². The van der Waals surface area contributed by atoms with E-state index in [0.29, 0.717) is 6.54 Å². The van der Waals surface area contributed by atoms with Crippen LogP contribution >= 0.6 is 0 Å². The van der Waals surface area contributed by atoms with Crippen molar-refractivity contribution in [3.8, 4) is 0 Å². The predicted octanol–water partition coefficient (Wildman–Crippen LogP) is 2.61. The van der Waals surface area contributed by atoms with Gasteiger partial charge in [-0.1, -0.05) is 18.2 Å². The molecule has 3 rings (SSSR count). The molecule has 0 bridgehead atoms. The van der Waals surface area contributed by atoms with Crippen molar-refractivity contribution in [3.05, 3.63) is 65.7 Å². The average molecular weight is 311 g/mol. The minimum Gasteiger partial charge on any atom is -0.355 e. The third kappa shape index (κ3) is 3.74. The number of aryl methyl sites for hydroxylation is 1. The molecule has 4 nitrogen and oxygen atoms in total. The van der Waals surface area contributed by atoms with E-state index < -0.39 is 0 Å². The smallest absolute Gasteiger partial charge is 0.224 e. The van der Waals surface area contributed by atoms with E-state index in [9.17, 15) is 9.18 Å². The number of halogens is 1. The van der Waals surface area contributed by atoms with Crippen molar-refractivity contribution >= 4 is 16.9 Å². The molecule has 0 aliphatic heterocycles. The molecule has 0 spiro atoms. The molecule has 3 aromatic rings. The largest absolute Gasteiger partial charge is 0.355 e. The van der Waals surface area contributed by atoms with Crippen molar-refractivity contribution in [2.24, 2.45) is 7.05 Å². The fourth-order valence-corrected chi connectivity index (χ4v) is 2.53. The van der Waals surface area contributed by atoms with Crippen LogP contribution in [0.2, 0.25) is 0 Å². The normalized spacial score (nSPS) is 10.9. The second-order valence-electron chi connectivity index (χ2n) is 5.58. The Kier molecular flexibility index (Phi) is 4.37. The topological polar surface area (TPSA) is 46.9 Å². The number of benzene rings is 2. The van der Waals surface area contributed by atoms with Crippen LogP contribution in [0, 0.1) is 5.82 Å². The summed E-state index contributed by atoms with van der Waals surface area (Å²) in [5, 5.41) is 2.89. The van der Waals surface area contributed by atoms with Crippen molar-refractivity contribution in [1.82, 2.24) is 14.9 Å². The molecule has 0 saturated carbocycles. The van der Waals surface area contributed by atoms with Crippen molar-refractivity contribution in [2.45, 2.75) is 12.8 Å². The molecule has 1 heterocycles. The molecule has 5 heteroatoms. The van der Waals surface area contributed by atoms with Gasteiger partial charge in [-0.15, -0.1) is 0 Å². The Morgan fingerprint density at radius 3 is 2.70 bits per heavy atom. The predicted molar refractivity (Wildman–Crippen MR) is 87.5 cm³/mol. The first kappa shape index (κ1) is 15.2. The minimum absolute atomic E-state index is 0.0597. The molecule has 2 aromatic carbocycles. The maximum atomic E-state index is 12.8. The van der Waals surface area contributed by atoms with Gasteiger partial charge in [0, 0.05) is 13.6 Å². The number of carbonyl (C=O) groups excluding carboxylic acids is 1. The molecule has 1 amide bonds. The van der Waals surface area contributed by atoms with Gasteiger partial charge in [0.25, 0.3) is 0 Å². The van der Waals surface area contributed by atoms with Crippen molar-refractivity contribution in [2.75, 3.05) is 6.54 Å². The van der Waals surface area contributed by atoms with E-state index in [2.05, 4.69) is 16.4 Å². The van der Waals surface area contributed by atoms with Crippen LogP contribution < -0.4 is 5.32 Å². The van der Waals surface area contributed by atoms with Crippen LogP contribution in [0.15, 0.2) is 48.8 Å². The lowest BCUT2D eigenvalue weighted by Gasteiger charge is -2.06. The van der Waals surface area contributed by atoms with Crippen LogP contribution in [0.25, 0.3) is 11.0 Å². The Hall–Kier alpha value is -2.69. The van der Waals surface area contributed by atoms with Crippen molar-refractivity contribution in [1.29, 1.82) is 0 Å². The third-order valence-corrected chi connectivity index (χ3v) is 3.80. The fourth-order valence-electron chi connectivity index (χ4n) is 2.53. The first-order valence-corrected chi connectivity index (χ1v) is 7.53. The second kappa shape index (κ2) is 6.60. The first-order valence-electron chi connectivity index (χ1n) is 7.53. The summed E-state index contributed by atoms with van der Waals surface area (Å²) in [6.45, 7) is 0.568. The number of nitrogens with one attached hydrogen (secondary N) is 1. The Bertz CT molecular complexity index is 824. The number of hydrogen-bond acceptors (Lipinski definition) is 2. The summed E-state index contributed by atoms with van der Waals surface area (Å²) >= 11 is 0. The molecule has 118 valence electrons. The summed E-state index contributed by atoms with van der Waals surface area (Å²) in [7, 11) is 1.96. The van der Waals surface area contributed by atoms with Crippen LogP contribution in [0.4, 0.5) is 4.39 Å². The number of fused-ring (bicyclic) bond motifs is 1. The molecule has 23 heavy (non-hydrogen) atoms. The van der Waals surface area contributed by atoms with Crippen LogP contribution in [-0.2, 0) is 24.7 Å². The SMILES string of the molecule is Cn1cnc2cc(CCNC(=O)Cc3ccc(F)cc3)ccc21. The Morgan fingerprint density at radius 2 is 1.91 bits per heavy atom. The van der Waals surface area contributed by atoms with Gasteiger partial charge in [-0.2, -0.15) is 0 Å². The Labute approximate surface area is 134 Å². The van der Waals surface area contributed by atoms with E-state index in [1.54, 1.807) is 18.5 Å². The number of nitrogens with zero attached hydrogens (tertiary/aromatic N) is 2. The molecular formula is C18H18FN3O. The Morgan fingerprint density at radius 1 is 1.17 bits per heavy atom. The summed E-state index contributed by atoms with van der Waals surface area (Å²) < 4.78 is 14.8. The monoisotopic (exact) mass is 311 g/mol. The van der Waals surface area contributed by atoms with E-state index in [4.69, 9.17) is 0 Å². The maximum absolute atomic E-state index is 12.8. The molecule has 0 radical (unpaired) electrons. The van der Waals surface area contributed by atoms with Gasteiger partial charge in [0.1, 0.15) is 5.82 Å². The molecule has 0 unspecified atom stereocenters. The number of amides is 1. The number of aromatic nitrogens is 2. The lowest BCUT2D eigenvalue weighted by Crippen LogP contribution is -2.27. The summed E-state index contributed by atoms with van der Waals surface area (Å²) in [5.74, 6) is -0.352. The molecule has 1 N–H and O–H groups in total. The van der Waals surface area contributed by atoms with Gasteiger partial charge in [-0.05, 0) is 41.8 Å².